The monoisotopic (exact) mass is 521 g/mol. The highest BCUT2D eigenvalue weighted by atomic mass is 35.5. The number of hydrogen-bond acceptors (Lipinski definition) is 1. The van der Waals surface area contributed by atoms with Gasteiger partial charge in [-0.2, -0.15) is 13.2 Å². The lowest BCUT2D eigenvalue weighted by atomic mass is 9.88. The van der Waals surface area contributed by atoms with Gasteiger partial charge in [0.05, 0.1) is 5.56 Å². The maximum Gasteiger partial charge on any atom is 0.416 e. The van der Waals surface area contributed by atoms with Crippen LogP contribution in [-0.2, 0) is 17.5 Å². The lowest BCUT2D eigenvalue weighted by Gasteiger charge is -2.28. The summed E-state index contributed by atoms with van der Waals surface area (Å²) in [6.07, 6.45) is -3.79. The van der Waals surface area contributed by atoms with Crippen LogP contribution in [0.3, 0.4) is 0 Å². The third kappa shape index (κ3) is 7.01. The molecule has 37 heavy (non-hydrogen) atoms. The van der Waals surface area contributed by atoms with E-state index in [0.29, 0.717) is 24.1 Å². The molecular weight excluding hydrogens is 495 g/mol. The fraction of sp³-hybridized carbons (Fsp3) is 0.194. The van der Waals surface area contributed by atoms with Crippen molar-refractivity contribution in [1.82, 2.24) is 4.90 Å². The third-order valence-corrected chi connectivity index (χ3v) is 6.81. The Bertz CT molecular complexity index is 1220. The molecular formula is C31H27ClF3NO. The van der Waals surface area contributed by atoms with E-state index in [0.717, 1.165) is 23.3 Å². The standard InChI is InChI=1S/C31H27ClF3NO/c32-29(26-14-8-3-9-15-26)30(37)36(22-23-16-18-27(19-17-23)31(33,34)35)21-20-28(24-10-4-1-5-11-24)25-12-6-2-7-13-25/h1-19,28-29H,20-22H2. The second-order valence-corrected chi connectivity index (χ2v) is 9.33. The number of nitrogens with zero attached hydrogens (tertiary/aromatic N) is 1. The molecule has 0 bridgehead atoms. The van der Waals surface area contributed by atoms with Crippen molar-refractivity contribution in [3.8, 4) is 0 Å². The van der Waals surface area contributed by atoms with Gasteiger partial charge in [0.25, 0.3) is 0 Å². The minimum Gasteiger partial charge on any atom is -0.337 e. The Morgan fingerprint density at radius 1 is 0.703 bits per heavy atom. The molecule has 1 unspecified atom stereocenters. The maximum atomic E-state index is 13.6. The van der Waals surface area contributed by atoms with E-state index < -0.39 is 17.1 Å². The van der Waals surface area contributed by atoms with Gasteiger partial charge in [-0.15, -0.1) is 11.6 Å². The van der Waals surface area contributed by atoms with Crippen molar-refractivity contribution in [2.75, 3.05) is 6.54 Å². The van der Waals surface area contributed by atoms with Crippen molar-refractivity contribution < 1.29 is 18.0 Å². The minimum absolute atomic E-state index is 0.0378. The second-order valence-electron chi connectivity index (χ2n) is 8.89. The molecule has 4 aromatic carbocycles. The first kappa shape index (κ1) is 26.5. The van der Waals surface area contributed by atoms with Crippen LogP contribution in [0.25, 0.3) is 0 Å². The predicted octanol–water partition coefficient (Wildman–Crippen LogP) is 8.24. The van der Waals surface area contributed by atoms with Crippen LogP contribution >= 0.6 is 11.6 Å². The molecule has 2 nitrogen and oxygen atoms in total. The van der Waals surface area contributed by atoms with Crippen LogP contribution in [0, 0.1) is 0 Å². The Morgan fingerprint density at radius 2 is 1.16 bits per heavy atom. The zero-order valence-electron chi connectivity index (χ0n) is 20.1. The van der Waals surface area contributed by atoms with E-state index in [-0.39, 0.29) is 18.4 Å². The predicted molar refractivity (Wildman–Crippen MR) is 141 cm³/mol. The van der Waals surface area contributed by atoms with Gasteiger partial charge in [0.1, 0.15) is 5.38 Å². The first-order valence-electron chi connectivity index (χ1n) is 12.1. The van der Waals surface area contributed by atoms with Gasteiger partial charge >= 0.3 is 6.18 Å². The number of hydrogen-bond donors (Lipinski definition) is 0. The molecule has 0 spiro atoms. The van der Waals surface area contributed by atoms with Crippen LogP contribution in [0.4, 0.5) is 13.2 Å². The number of carbonyl (C=O) groups excluding carboxylic acids is 1. The summed E-state index contributed by atoms with van der Waals surface area (Å²) in [5, 5.41) is -0.900. The van der Waals surface area contributed by atoms with Crippen LogP contribution in [0.2, 0.25) is 0 Å². The van der Waals surface area contributed by atoms with Crippen LogP contribution in [0.15, 0.2) is 115 Å². The van der Waals surface area contributed by atoms with Crippen LogP contribution < -0.4 is 0 Å². The highest BCUT2D eigenvalue weighted by Crippen LogP contribution is 2.31. The molecule has 0 saturated heterocycles. The molecule has 0 fully saturated rings. The molecule has 0 heterocycles. The third-order valence-electron chi connectivity index (χ3n) is 6.37. The summed E-state index contributed by atoms with van der Waals surface area (Å²) in [4.78, 5) is 15.2. The zero-order valence-corrected chi connectivity index (χ0v) is 20.9. The summed E-state index contributed by atoms with van der Waals surface area (Å²) in [7, 11) is 0. The van der Waals surface area contributed by atoms with Crippen LogP contribution in [0.1, 0.15) is 45.5 Å². The maximum absolute atomic E-state index is 13.6. The summed E-state index contributed by atoms with van der Waals surface area (Å²) < 4.78 is 39.2. The first-order valence-corrected chi connectivity index (χ1v) is 12.5. The summed E-state index contributed by atoms with van der Waals surface area (Å²) in [5.74, 6) is -0.247. The fourth-order valence-corrected chi connectivity index (χ4v) is 4.68. The molecule has 0 aromatic heterocycles. The Morgan fingerprint density at radius 3 is 1.62 bits per heavy atom. The first-order chi connectivity index (χ1) is 17.8. The molecule has 0 aliphatic rings. The van der Waals surface area contributed by atoms with Crippen LogP contribution in [0.5, 0.6) is 0 Å². The van der Waals surface area contributed by atoms with E-state index in [1.165, 1.54) is 12.1 Å². The fourth-order valence-electron chi connectivity index (χ4n) is 4.39. The largest absolute Gasteiger partial charge is 0.416 e. The smallest absolute Gasteiger partial charge is 0.337 e. The molecule has 0 N–H and O–H groups in total. The van der Waals surface area contributed by atoms with E-state index in [1.54, 1.807) is 17.0 Å². The molecule has 0 radical (unpaired) electrons. The SMILES string of the molecule is O=C(C(Cl)c1ccccc1)N(CCC(c1ccccc1)c1ccccc1)Cc1ccc(C(F)(F)F)cc1. The van der Waals surface area contributed by atoms with Crippen molar-refractivity contribution in [1.29, 1.82) is 0 Å². The molecule has 4 aromatic rings. The van der Waals surface area contributed by atoms with Crippen molar-refractivity contribution in [3.63, 3.8) is 0 Å². The summed E-state index contributed by atoms with van der Waals surface area (Å²) >= 11 is 6.61. The zero-order chi connectivity index (χ0) is 26.3. The average molecular weight is 522 g/mol. The van der Waals surface area contributed by atoms with E-state index in [1.807, 2.05) is 54.6 Å². The van der Waals surface area contributed by atoms with Gasteiger partial charge in [0, 0.05) is 19.0 Å². The summed E-state index contributed by atoms with van der Waals surface area (Å²) in [5.41, 5.74) is 2.81. The van der Waals surface area contributed by atoms with Crippen LogP contribution in [-0.4, -0.2) is 17.4 Å². The average Bonchev–Trinajstić information content (AvgIpc) is 2.93. The molecule has 1 atom stereocenters. The Balaban J connectivity index is 1.60. The van der Waals surface area contributed by atoms with E-state index >= 15 is 0 Å². The van der Waals surface area contributed by atoms with Crippen molar-refractivity contribution in [2.45, 2.75) is 30.4 Å². The normalized spacial score (nSPS) is 12.4. The number of alkyl halides is 4. The van der Waals surface area contributed by atoms with E-state index in [9.17, 15) is 18.0 Å². The number of carbonyl (C=O) groups is 1. The van der Waals surface area contributed by atoms with E-state index in [4.69, 9.17) is 11.6 Å². The lowest BCUT2D eigenvalue weighted by Crippen LogP contribution is -2.34. The molecule has 0 aliphatic carbocycles. The Hall–Kier alpha value is -3.57. The topological polar surface area (TPSA) is 20.3 Å². The summed E-state index contributed by atoms with van der Waals surface area (Å²) in [6.45, 7) is 0.535. The van der Waals surface area contributed by atoms with Gasteiger partial charge in [-0.1, -0.05) is 103 Å². The molecule has 0 saturated carbocycles. The minimum atomic E-state index is -4.42. The van der Waals surface area contributed by atoms with Gasteiger partial charge in [0.15, 0.2) is 0 Å². The Kier molecular flexibility index (Phi) is 8.67. The van der Waals surface area contributed by atoms with Crippen molar-refractivity contribution >= 4 is 17.5 Å². The number of rotatable bonds is 9. The van der Waals surface area contributed by atoms with Gasteiger partial charge in [0.2, 0.25) is 5.91 Å². The molecule has 190 valence electrons. The number of benzene rings is 4. The summed E-state index contributed by atoms with van der Waals surface area (Å²) in [6, 6.07) is 34.1. The quantitative estimate of drug-likeness (QED) is 0.203. The van der Waals surface area contributed by atoms with Gasteiger partial charge < -0.3 is 4.90 Å². The Labute approximate surface area is 220 Å². The van der Waals surface area contributed by atoms with Gasteiger partial charge in [-0.25, -0.2) is 0 Å². The number of amides is 1. The lowest BCUT2D eigenvalue weighted by molar-refractivity contribution is -0.137. The number of halogens is 4. The highest BCUT2D eigenvalue weighted by Gasteiger charge is 2.30. The molecule has 1 amide bonds. The molecule has 6 heteroatoms. The molecule has 0 aliphatic heterocycles. The molecule has 4 rings (SSSR count). The van der Waals surface area contributed by atoms with Gasteiger partial charge in [-0.05, 0) is 40.8 Å². The van der Waals surface area contributed by atoms with E-state index in [2.05, 4.69) is 24.3 Å². The highest BCUT2D eigenvalue weighted by molar-refractivity contribution is 6.30. The van der Waals surface area contributed by atoms with Gasteiger partial charge in [-0.3, -0.25) is 4.79 Å². The van der Waals surface area contributed by atoms with Crippen molar-refractivity contribution in [2.24, 2.45) is 0 Å². The second kappa shape index (κ2) is 12.1. The van der Waals surface area contributed by atoms with Crippen molar-refractivity contribution in [3.05, 3.63) is 143 Å².